The Morgan fingerprint density at radius 3 is 1.45 bits per heavy atom. The molecule has 0 aliphatic carbocycles. The number of primary amides is 1. The van der Waals surface area contributed by atoms with Crippen molar-refractivity contribution in [1.82, 2.24) is 0 Å². The number of methoxy groups -OCH3 is 4. The van der Waals surface area contributed by atoms with Crippen molar-refractivity contribution in [3.8, 4) is 23.0 Å². The summed E-state index contributed by atoms with van der Waals surface area (Å²) in [5.41, 5.74) is 32.6. The van der Waals surface area contributed by atoms with Gasteiger partial charge in [-0.05, 0) is 201 Å². The summed E-state index contributed by atoms with van der Waals surface area (Å²) in [5, 5.41) is 9.19. The van der Waals surface area contributed by atoms with Crippen LogP contribution >= 0.6 is 0 Å². The SMILES string of the molecule is CCC(C)[C@@H](CCCCN)C(=O)Nc1ccc(C(=O)C(C)CCC(CCCCN)C(=O)CCC(C)c2ccc(OC)c(C(=O)CCCC(CCCCN)C(=O)CNc3ccc(OC)c(C(=O)CCCC(CCCCN)C(=O)Nc4ccc(OC)c(C(N)=O)c4)c3)c2)c(OC)c1. The van der Waals surface area contributed by atoms with Crippen LogP contribution in [0.2, 0.25) is 0 Å². The molecule has 0 saturated carbocycles. The fourth-order valence-electron chi connectivity index (χ4n) is 12.3. The summed E-state index contributed by atoms with van der Waals surface area (Å²) in [6, 6.07) is 20.5. The summed E-state index contributed by atoms with van der Waals surface area (Å²) in [6.07, 6.45) is 13.6. The Hall–Kier alpha value is -7.52. The molecule has 7 atom stereocenters. The monoisotopic (exact) mass is 1320 g/mol. The second-order valence-electron chi connectivity index (χ2n) is 25.5. The van der Waals surface area contributed by atoms with Gasteiger partial charge in [-0.25, -0.2) is 0 Å². The second-order valence-corrected chi connectivity index (χ2v) is 25.5. The fourth-order valence-corrected chi connectivity index (χ4v) is 12.3. The molecule has 0 spiro atoms. The maximum absolute atomic E-state index is 14.1. The lowest BCUT2D eigenvalue weighted by Gasteiger charge is -2.23. The van der Waals surface area contributed by atoms with Crippen LogP contribution in [0.15, 0.2) is 72.8 Å². The molecule has 0 radical (unpaired) electrons. The molecule has 0 aliphatic heterocycles. The third-order valence-electron chi connectivity index (χ3n) is 18.6. The van der Waals surface area contributed by atoms with E-state index >= 15 is 0 Å². The minimum Gasteiger partial charge on any atom is -0.496 e. The zero-order valence-corrected chi connectivity index (χ0v) is 58.1. The summed E-state index contributed by atoms with van der Waals surface area (Å²) >= 11 is 0. The molecule has 4 rings (SSSR count). The third kappa shape index (κ3) is 26.2. The van der Waals surface area contributed by atoms with E-state index in [1.165, 1.54) is 34.5 Å². The standard InChI is InChI=1S/C75H112N8O12/c1-9-49(2)59(25-13-17-43-79)75(91)83-58-32-35-60(71(47-58)95-8)72(88)51(4)28-30-53(21-11-15-41-77)64(84)36-29-50(3)55-31-37-68(92-5)61(44-55)65(85)26-18-23-52(20-10-14-40-76)67(87)48-81-56-33-38-69(93-6)62(45-56)66(86)27-19-24-54(22-12-16-42-78)74(90)82-57-34-39-70(94-7)63(46-57)73(80)89/h31-35,37-39,44-47,49-54,59,81H,9-30,36,40-43,48,76-79H2,1-8H3,(H2,80,89)(H,82,90)(H,83,91)/t49?,50?,51?,52?,53?,54?,59-/m1/s1. The van der Waals surface area contributed by atoms with Crippen molar-refractivity contribution < 1.29 is 57.3 Å². The molecule has 0 aliphatic rings. The normalized spacial score (nSPS) is 13.5. The lowest BCUT2D eigenvalue weighted by Crippen LogP contribution is -2.28. The van der Waals surface area contributed by atoms with Gasteiger partial charge in [0.2, 0.25) is 11.8 Å². The van der Waals surface area contributed by atoms with Gasteiger partial charge >= 0.3 is 0 Å². The molecule has 4 aromatic carbocycles. The lowest BCUT2D eigenvalue weighted by atomic mass is 9.84. The number of anilines is 3. The smallest absolute Gasteiger partial charge is 0.252 e. The Balaban J connectivity index is 1.36. The number of rotatable bonds is 51. The average molecular weight is 1320 g/mol. The fraction of sp³-hybridized carbons (Fsp3) is 0.573. The Morgan fingerprint density at radius 2 is 0.895 bits per heavy atom. The van der Waals surface area contributed by atoms with Crippen LogP contribution in [0.1, 0.15) is 228 Å². The van der Waals surface area contributed by atoms with Crippen LogP contribution in [0.25, 0.3) is 0 Å². The number of carbonyl (C=O) groups excluding carboxylic acids is 8. The van der Waals surface area contributed by atoms with Crippen LogP contribution in [0.3, 0.4) is 0 Å². The number of ketones is 5. The predicted octanol–water partition coefficient (Wildman–Crippen LogP) is 12.6. The Bertz CT molecular complexity index is 3100. The van der Waals surface area contributed by atoms with Gasteiger partial charge in [-0.3, -0.25) is 38.4 Å². The molecule has 0 saturated heterocycles. The van der Waals surface area contributed by atoms with Crippen LogP contribution in [-0.4, -0.2) is 108 Å². The number of ether oxygens (including phenoxy) is 4. The molecule has 3 amide bonds. The molecule has 0 bridgehead atoms. The number of nitrogens with two attached hydrogens (primary N) is 5. The van der Waals surface area contributed by atoms with E-state index in [1.54, 1.807) is 54.6 Å². The van der Waals surface area contributed by atoms with Gasteiger partial charge in [0.15, 0.2) is 23.1 Å². The number of hydrogen-bond donors (Lipinski definition) is 8. The number of nitrogens with one attached hydrogen (secondary N) is 3. The largest absolute Gasteiger partial charge is 0.496 e. The van der Waals surface area contributed by atoms with E-state index in [0.29, 0.717) is 160 Å². The first-order valence-electron chi connectivity index (χ1n) is 34.6. The van der Waals surface area contributed by atoms with Crippen molar-refractivity contribution in [2.24, 2.45) is 64.2 Å². The molecule has 0 heterocycles. The minimum atomic E-state index is -0.692. The molecule has 20 heteroatoms. The number of benzene rings is 4. The number of hydrogen-bond acceptors (Lipinski definition) is 17. The zero-order valence-electron chi connectivity index (χ0n) is 58.1. The molecule has 13 N–H and O–H groups in total. The van der Waals surface area contributed by atoms with Gasteiger partial charge in [0.05, 0.1) is 57.2 Å². The van der Waals surface area contributed by atoms with Crippen LogP contribution < -0.4 is 63.6 Å². The zero-order chi connectivity index (χ0) is 69.8. The maximum Gasteiger partial charge on any atom is 0.252 e. The van der Waals surface area contributed by atoms with Gasteiger partial charge in [0.25, 0.3) is 5.91 Å². The van der Waals surface area contributed by atoms with Gasteiger partial charge in [-0.15, -0.1) is 0 Å². The summed E-state index contributed by atoms with van der Waals surface area (Å²) in [4.78, 5) is 109. The predicted molar refractivity (Wildman–Crippen MR) is 378 cm³/mol. The highest BCUT2D eigenvalue weighted by Gasteiger charge is 2.29. The topological polar surface area (TPSA) is 340 Å². The summed E-state index contributed by atoms with van der Waals surface area (Å²) in [6.45, 7) is 10.2. The minimum absolute atomic E-state index is 0.00957. The first-order chi connectivity index (χ1) is 45.7. The average Bonchev–Trinajstić information content (AvgIpc) is 0.942. The first kappa shape index (κ1) is 79.9. The van der Waals surface area contributed by atoms with Crippen LogP contribution in [0.4, 0.5) is 17.1 Å². The lowest BCUT2D eigenvalue weighted by molar-refractivity contribution is -0.124. The number of carbonyl (C=O) groups is 8. The van der Waals surface area contributed by atoms with E-state index in [2.05, 4.69) is 29.8 Å². The Labute approximate surface area is 564 Å². The summed E-state index contributed by atoms with van der Waals surface area (Å²) < 4.78 is 22.2. The number of Topliss-reactive ketones (excluding diaryl/α,β-unsaturated/α-hetero) is 5. The highest BCUT2D eigenvalue weighted by atomic mass is 16.5. The van der Waals surface area contributed by atoms with Crippen LogP contribution in [0.5, 0.6) is 23.0 Å². The Kier molecular flexibility index (Phi) is 36.6. The Morgan fingerprint density at radius 1 is 0.432 bits per heavy atom. The van der Waals surface area contributed by atoms with Gasteiger partial charge in [0, 0.05) is 72.0 Å². The highest BCUT2D eigenvalue weighted by molar-refractivity contribution is 6.03. The molecule has 95 heavy (non-hydrogen) atoms. The molecular weight excluding hydrogens is 1200 g/mol. The van der Waals surface area contributed by atoms with E-state index in [1.807, 2.05) is 26.0 Å². The van der Waals surface area contributed by atoms with Crippen molar-refractivity contribution in [3.05, 3.63) is 101 Å². The van der Waals surface area contributed by atoms with Gasteiger partial charge < -0.3 is 63.6 Å². The van der Waals surface area contributed by atoms with Crippen molar-refractivity contribution in [3.63, 3.8) is 0 Å². The molecular formula is C75H112N8O12. The van der Waals surface area contributed by atoms with Crippen molar-refractivity contribution >= 4 is 63.7 Å². The van der Waals surface area contributed by atoms with Gasteiger partial charge in [-0.2, -0.15) is 0 Å². The van der Waals surface area contributed by atoms with Gasteiger partial charge in [0.1, 0.15) is 28.8 Å². The molecule has 4 aromatic rings. The van der Waals surface area contributed by atoms with Crippen LogP contribution in [-0.2, 0) is 19.2 Å². The first-order valence-corrected chi connectivity index (χ1v) is 34.6. The number of amides is 3. The van der Waals surface area contributed by atoms with Gasteiger partial charge in [-0.1, -0.05) is 65.9 Å². The molecule has 6 unspecified atom stereocenters. The number of unbranched alkanes of at least 4 members (excludes halogenated alkanes) is 4. The molecule has 0 fully saturated rings. The van der Waals surface area contributed by atoms with Crippen molar-refractivity contribution in [1.29, 1.82) is 0 Å². The molecule has 524 valence electrons. The van der Waals surface area contributed by atoms with E-state index in [4.69, 9.17) is 47.6 Å². The van der Waals surface area contributed by atoms with Crippen LogP contribution in [0, 0.1) is 35.5 Å². The van der Waals surface area contributed by atoms with Crippen molar-refractivity contribution in [2.45, 2.75) is 181 Å². The van der Waals surface area contributed by atoms with E-state index < -0.39 is 17.7 Å². The third-order valence-corrected chi connectivity index (χ3v) is 18.6. The highest BCUT2D eigenvalue weighted by Crippen LogP contribution is 2.34. The quantitative estimate of drug-likeness (QED) is 0.0150. The van der Waals surface area contributed by atoms with E-state index in [9.17, 15) is 38.4 Å². The molecule has 0 aromatic heterocycles. The maximum atomic E-state index is 14.1. The van der Waals surface area contributed by atoms with Crippen molar-refractivity contribution in [2.75, 3.05) is 77.1 Å². The summed E-state index contributed by atoms with van der Waals surface area (Å²) in [7, 11) is 5.95. The van der Waals surface area contributed by atoms with E-state index in [0.717, 1.165) is 63.4 Å². The summed E-state index contributed by atoms with van der Waals surface area (Å²) in [5.74, 6) is -1.30. The second kappa shape index (κ2) is 43.5. The molecule has 20 nitrogen and oxygen atoms in total. The van der Waals surface area contributed by atoms with E-state index in [-0.39, 0.29) is 95.3 Å².